The Morgan fingerprint density at radius 2 is 1.76 bits per heavy atom. The number of methoxy groups -OCH3 is 2. The maximum Gasteiger partial charge on any atom is 0.274 e. The first-order valence-electron chi connectivity index (χ1n) is 9.48. The molecule has 1 saturated heterocycles. The third-order valence-corrected chi connectivity index (χ3v) is 4.98. The number of carbonyl (C=O) groups is 2. The van der Waals surface area contributed by atoms with Crippen molar-refractivity contribution in [2.24, 2.45) is 7.05 Å². The topological polar surface area (TPSA) is 89.9 Å². The first kappa shape index (κ1) is 20.4. The summed E-state index contributed by atoms with van der Waals surface area (Å²) in [6.45, 7) is 1.40. The Balaban J connectivity index is 1.89. The Kier molecular flexibility index (Phi) is 6.21. The number of rotatable bonds is 5. The Morgan fingerprint density at radius 3 is 2.41 bits per heavy atom. The monoisotopic (exact) mass is 399 g/mol. The number of carbonyl (C=O) groups excluding carboxylic acids is 2. The molecule has 1 aromatic heterocycles. The predicted molar refractivity (Wildman–Crippen MR) is 109 cm³/mol. The van der Waals surface area contributed by atoms with Gasteiger partial charge in [0.25, 0.3) is 17.4 Å². The molecule has 3 rings (SSSR count). The highest BCUT2D eigenvalue weighted by Gasteiger charge is 2.21. The Hall–Kier alpha value is -3.29. The quantitative estimate of drug-likeness (QED) is 0.833. The van der Waals surface area contributed by atoms with Crippen LogP contribution >= 0.6 is 0 Å². The van der Waals surface area contributed by atoms with E-state index in [1.807, 2.05) is 0 Å². The highest BCUT2D eigenvalue weighted by Crippen LogP contribution is 2.25. The van der Waals surface area contributed by atoms with E-state index in [1.165, 1.54) is 31.0 Å². The van der Waals surface area contributed by atoms with Gasteiger partial charge in [0.2, 0.25) is 0 Å². The maximum absolute atomic E-state index is 12.8. The molecule has 2 heterocycles. The van der Waals surface area contributed by atoms with Gasteiger partial charge >= 0.3 is 0 Å². The van der Waals surface area contributed by atoms with Gasteiger partial charge in [-0.05, 0) is 37.5 Å². The van der Waals surface area contributed by atoms with Gasteiger partial charge in [-0.15, -0.1) is 0 Å². The Labute approximate surface area is 169 Å². The van der Waals surface area contributed by atoms with Crippen LogP contribution in [0.1, 0.15) is 40.0 Å². The fraction of sp³-hybridized carbons (Fsp3) is 0.381. The molecular formula is C21H25N3O5. The number of ether oxygens (including phenoxy) is 2. The largest absolute Gasteiger partial charge is 0.497 e. The molecule has 1 aromatic carbocycles. The van der Waals surface area contributed by atoms with Crippen LogP contribution in [0.4, 0.5) is 5.69 Å². The Bertz CT molecular complexity index is 977. The molecule has 8 nitrogen and oxygen atoms in total. The number of aromatic nitrogens is 1. The lowest BCUT2D eigenvalue weighted by Crippen LogP contribution is -2.36. The summed E-state index contributed by atoms with van der Waals surface area (Å²) in [6, 6.07) is 6.21. The van der Waals surface area contributed by atoms with Crippen molar-refractivity contribution >= 4 is 17.5 Å². The van der Waals surface area contributed by atoms with Crippen LogP contribution in [-0.2, 0) is 7.05 Å². The average molecular weight is 399 g/mol. The van der Waals surface area contributed by atoms with Crippen molar-refractivity contribution in [3.8, 4) is 11.5 Å². The lowest BCUT2D eigenvalue weighted by atomic mass is 10.1. The zero-order chi connectivity index (χ0) is 21.0. The fourth-order valence-electron chi connectivity index (χ4n) is 3.37. The van der Waals surface area contributed by atoms with Crippen LogP contribution in [0.2, 0.25) is 0 Å². The molecule has 0 unspecified atom stereocenters. The molecule has 8 heteroatoms. The van der Waals surface area contributed by atoms with Crippen molar-refractivity contribution < 1.29 is 19.1 Å². The number of pyridine rings is 1. The molecule has 2 aromatic rings. The summed E-state index contributed by atoms with van der Waals surface area (Å²) in [5, 5.41) is 2.61. The minimum Gasteiger partial charge on any atom is -0.497 e. The number of nitrogens with zero attached hydrogens (tertiary/aromatic N) is 2. The van der Waals surface area contributed by atoms with Gasteiger partial charge in [-0.3, -0.25) is 14.4 Å². The lowest BCUT2D eigenvalue weighted by molar-refractivity contribution is 0.0723. The summed E-state index contributed by atoms with van der Waals surface area (Å²) in [5.41, 5.74) is 0.258. The molecule has 0 saturated carbocycles. The van der Waals surface area contributed by atoms with Gasteiger partial charge in [-0.2, -0.15) is 0 Å². The Morgan fingerprint density at radius 1 is 1.03 bits per heavy atom. The van der Waals surface area contributed by atoms with Gasteiger partial charge in [-0.1, -0.05) is 0 Å². The van der Waals surface area contributed by atoms with Gasteiger partial charge in [0.15, 0.2) is 0 Å². The lowest BCUT2D eigenvalue weighted by Gasteiger charge is -2.27. The van der Waals surface area contributed by atoms with E-state index in [0.717, 1.165) is 19.3 Å². The van der Waals surface area contributed by atoms with Crippen LogP contribution in [0.5, 0.6) is 11.5 Å². The van der Waals surface area contributed by atoms with E-state index in [2.05, 4.69) is 5.32 Å². The van der Waals surface area contributed by atoms with Crippen LogP contribution in [-0.4, -0.2) is 48.6 Å². The van der Waals surface area contributed by atoms with E-state index in [0.29, 0.717) is 30.2 Å². The number of amides is 2. The number of benzene rings is 1. The number of hydrogen-bond donors (Lipinski definition) is 1. The highest BCUT2D eigenvalue weighted by molar-refractivity contribution is 6.06. The predicted octanol–water partition coefficient (Wildman–Crippen LogP) is 2.28. The maximum atomic E-state index is 12.8. The molecule has 0 atom stereocenters. The molecule has 154 valence electrons. The summed E-state index contributed by atoms with van der Waals surface area (Å²) in [4.78, 5) is 39.9. The van der Waals surface area contributed by atoms with Crippen molar-refractivity contribution in [3.63, 3.8) is 0 Å². The second-order valence-electron chi connectivity index (χ2n) is 6.93. The summed E-state index contributed by atoms with van der Waals surface area (Å²) in [5.74, 6) is 0.213. The second kappa shape index (κ2) is 8.81. The molecule has 0 spiro atoms. The number of hydrogen-bond acceptors (Lipinski definition) is 5. The van der Waals surface area contributed by atoms with E-state index >= 15 is 0 Å². The number of piperidine rings is 1. The standard InChI is InChI=1S/C21H25N3O5/c1-23-13-14(20(26)24-9-5-4-6-10-24)11-17(21(23)27)22-19(25)16-8-7-15(28-2)12-18(16)29-3/h7-8,11-13H,4-6,9-10H2,1-3H3,(H,22,25). The summed E-state index contributed by atoms with van der Waals surface area (Å²) >= 11 is 0. The van der Waals surface area contributed by atoms with E-state index < -0.39 is 11.5 Å². The van der Waals surface area contributed by atoms with Crippen LogP contribution in [0.15, 0.2) is 35.3 Å². The average Bonchev–Trinajstić information content (AvgIpc) is 2.76. The zero-order valence-corrected chi connectivity index (χ0v) is 16.9. The smallest absolute Gasteiger partial charge is 0.274 e. The third kappa shape index (κ3) is 4.42. The molecule has 1 aliphatic heterocycles. The van der Waals surface area contributed by atoms with Crippen LogP contribution in [0, 0.1) is 0 Å². The molecule has 0 aliphatic carbocycles. The molecule has 0 bridgehead atoms. The van der Waals surface area contributed by atoms with E-state index in [9.17, 15) is 14.4 Å². The molecule has 1 aliphatic rings. The van der Waals surface area contributed by atoms with Gasteiger partial charge in [-0.25, -0.2) is 0 Å². The van der Waals surface area contributed by atoms with Crippen molar-refractivity contribution in [1.82, 2.24) is 9.47 Å². The van der Waals surface area contributed by atoms with Crippen molar-refractivity contribution in [3.05, 3.63) is 51.9 Å². The molecule has 2 amide bonds. The van der Waals surface area contributed by atoms with Crippen LogP contribution in [0.25, 0.3) is 0 Å². The highest BCUT2D eigenvalue weighted by atomic mass is 16.5. The summed E-state index contributed by atoms with van der Waals surface area (Å²) in [7, 11) is 4.52. The molecule has 1 N–H and O–H groups in total. The summed E-state index contributed by atoms with van der Waals surface area (Å²) in [6.07, 6.45) is 4.56. The molecule has 29 heavy (non-hydrogen) atoms. The van der Waals surface area contributed by atoms with Gasteiger partial charge in [0.1, 0.15) is 17.2 Å². The van der Waals surface area contributed by atoms with Crippen LogP contribution < -0.4 is 20.3 Å². The minimum absolute atomic E-state index is 0.0400. The van der Waals surface area contributed by atoms with Gasteiger partial charge < -0.3 is 24.3 Å². The van der Waals surface area contributed by atoms with E-state index in [-0.39, 0.29) is 17.2 Å². The number of nitrogens with one attached hydrogen (secondary N) is 1. The number of anilines is 1. The van der Waals surface area contributed by atoms with Gasteiger partial charge in [0, 0.05) is 32.4 Å². The van der Waals surface area contributed by atoms with Crippen molar-refractivity contribution in [2.45, 2.75) is 19.3 Å². The first-order chi connectivity index (χ1) is 13.9. The fourth-order valence-corrected chi connectivity index (χ4v) is 3.37. The number of likely N-dealkylation sites (tertiary alicyclic amines) is 1. The second-order valence-corrected chi connectivity index (χ2v) is 6.93. The molecule has 1 fully saturated rings. The first-order valence-corrected chi connectivity index (χ1v) is 9.48. The van der Waals surface area contributed by atoms with Crippen molar-refractivity contribution in [1.29, 1.82) is 0 Å². The van der Waals surface area contributed by atoms with E-state index in [4.69, 9.17) is 9.47 Å². The number of aryl methyl sites for hydroxylation is 1. The van der Waals surface area contributed by atoms with E-state index in [1.54, 1.807) is 30.1 Å². The summed E-state index contributed by atoms with van der Waals surface area (Å²) < 4.78 is 11.7. The molecular weight excluding hydrogens is 374 g/mol. The third-order valence-electron chi connectivity index (χ3n) is 4.98. The van der Waals surface area contributed by atoms with Crippen LogP contribution in [0.3, 0.4) is 0 Å². The van der Waals surface area contributed by atoms with Crippen molar-refractivity contribution in [2.75, 3.05) is 32.6 Å². The minimum atomic E-state index is -0.510. The van der Waals surface area contributed by atoms with Gasteiger partial charge in [0.05, 0.1) is 25.3 Å². The SMILES string of the molecule is COc1ccc(C(=O)Nc2cc(C(=O)N3CCCCC3)cn(C)c2=O)c(OC)c1. The zero-order valence-electron chi connectivity index (χ0n) is 16.9. The molecule has 0 radical (unpaired) electrons. The normalized spacial score (nSPS) is 13.7.